The number of phenols is 1. The Morgan fingerprint density at radius 2 is 2.00 bits per heavy atom. The molecule has 1 N–H and O–H groups in total. The van der Waals surface area contributed by atoms with Gasteiger partial charge in [0.15, 0.2) is 12.0 Å². The molecule has 1 aliphatic rings. The lowest BCUT2D eigenvalue weighted by Crippen LogP contribution is -2.00. The second kappa shape index (κ2) is 4.91. The van der Waals surface area contributed by atoms with Crippen LogP contribution in [0, 0.1) is 0 Å². The first-order chi connectivity index (χ1) is 7.65. The Labute approximate surface area is 110 Å². The number of hydrogen-bond donors (Lipinski definition) is 1. The summed E-state index contributed by atoms with van der Waals surface area (Å²) in [6.45, 7) is 1.07. The molecule has 0 bridgehead atoms. The van der Waals surface area contributed by atoms with Crippen molar-refractivity contribution in [3.8, 4) is 11.5 Å². The maximum atomic E-state index is 9.99. The summed E-state index contributed by atoms with van der Waals surface area (Å²) in [5, 5.41) is 9.99. The third-order valence-electron chi connectivity index (χ3n) is 2.26. The summed E-state index contributed by atoms with van der Waals surface area (Å²) in [6.07, 6.45) is -0.515. The van der Waals surface area contributed by atoms with Crippen molar-refractivity contribution in [3.05, 3.63) is 20.6 Å². The minimum absolute atomic E-state index is 0.0759. The quantitative estimate of drug-likeness (QED) is 0.887. The molecule has 0 aromatic heterocycles. The largest absolute Gasteiger partial charge is 0.506 e. The number of halogens is 2. The minimum Gasteiger partial charge on any atom is -0.506 e. The predicted molar refractivity (Wildman–Crippen MR) is 64.7 cm³/mol. The van der Waals surface area contributed by atoms with E-state index in [1.165, 1.54) is 7.11 Å². The van der Waals surface area contributed by atoms with Gasteiger partial charge in [-0.25, -0.2) is 0 Å². The van der Waals surface area contributed by atoms with Crippen LogP contribution < -0.4 is 4.74 Å². The van der Waals surface area contributed by atoms with E-state index in [1.807, 2.05) is 0 Å². The molecule has 0 radical (unpaired) electrons. The Hall–Kier alpha value is -0.300. The van der Waals surface area contributed by atoms with Crippen LogP contribution in [0.2, 0.25) is 0 Å². The van der Waals surface area contributed by atoms with Gasteiger partial charge in [0, 0.05) is 0 Å². The number of methoxy groups -OCH3 is 1. The summed E-state index contributed by atoms with van der Waals surface area (Å²) in [6, 6.07) is 1.73. The van der Waals surface area contributed by atoms with Crippen LogP contribution >= 0.6 is 31.9 Å². The molecule has 0 unspecified atom stereocenters. The Morgan fingerprint density at radius 1 is 1.38 bits per heavy atom. The van der Waals surface area contributed by atoms with Crippen LogP contribution in [0.1, 0.15) is 11.9 Å². The molecule has 16 heavy (non-hydrogen) atoms. The van der Waals surface area contributed by atoms with E-state index in [9.17, 15) is 5.11 Å². The molecule has 6 heteroatoms. The molecule has 0 aliphatic carbocycles. The average molecular weight is 354 g/mol. The normalized spacial score (nSPS) is 16.7. The van der Waals surface area contributed by atoms with Crippen molar-refractivity contribution in [2.24, 2.45) is 0 Å². The summed E-state index contributed by atoms with van der Waals surface area (Å²) >= 11 is 6.64. The van der Waals surface area contributed by atoms with Crippen LogP contribution in [-0.4, -0.2) is 25.4 Å². The van der Waals surface area contributed by atoms with Crippen molar-refractivity contribution in [1.29, 1.82) is 0 Å². The molecule has 1 aromatic carbocycles. The fourth-order valence-electron chi connectivity index (χ4n) is 1.51. The number of aromatic hydroxyl groups is 1. The summed E-state index contributed by atoms with van der Waals surface area (Å²) < 4.78 is 17.0. The molecule has 1 heterocycles. The van der Waals surface area contributed by atoms with Crippen molar-refractivity contribution in [3.63, 3.8) is 0 Å². The summed E-state index contributed by atoms with van der Waals surface area (Å²) in [5.74, 6) is 0.617. The molecule has 1 aliphatic heterocycles. The number of hydrogen-bond acceptors (Lipinski definition) is 4. The maximum absolute atomic E-state index is 9.99. The minimum atomic E-state index is -0.515. The van der Waals surface area contributed by atoms with Gasteiger partial charge in [0.05, 0.1) is 30.4 Å². The third kappa shape index (κ3) is 2.07. The molecule has 1 saturated heterocycles. The van der Waals surface area contributed by atoms with Gasteiger partial charge in [-0.15, -0.1) is 0 Å². The van der Waals surface area contributed by atoms with E-state index in [2.05, 4.69) is 31.9 Å². The van der Waals surface area contributed by atoms with Gasteiger partial charge >= 0.3 is 0 Å². The van der Waals surface area contributed by atoms with E-state index in [4.69, 9.17) is 14.2 Å². The first kappa shape index (κ1) is 12.2. The van der Waals surface area contributed by atoms with Crippen LogP contribution in [0.15, 0.2) is 15.0 Å². The maximum Gasteiger partial charge on any atom is 0.187 e. The van der Waals surface area contributed by atoms with Gasteiger partial charge in [0.2, 0.25) is 0 Å². The van der Waals surface area contributed by atoms with Gasteiger partial charge in [-0.3, -0.25) is 0 Å². The zero-order valence-electron chi connectivity index (χ0n) is 8.50. The van der Waals surface area contributed by atoms with Crippen LogP contribution in [-0.2, 0) is 9.47 Å². The standard InChI is InChI=1S/C10H10Br2O4/c1-14-9-6(11)4-5(8(13)7(9)12)10-15-2-3-16-10/h4,10,13H,2-3H2,1H3. The third-order valence-corrected chi connectivity index (χ3v) is 3.58. The van der Waals surface area contributed by atoms with Gasteiger partial charge in [0.1, 0.15) is 10.2 Å². The lowest BCUT2D eigenvalue weighted by molar-refractivity contribution is -0.0456. The second-order valence-corrected chi connectivity index (χ2v) is 4.86. The average Bonchev–Trinajstić information content (AvgIpc) is 2.77. The summed E-state index contributed by atoms with van der Waals surface area (Å²) in [5.41, 5.74) is 0.581. The van der Waals surface area contributed by atoms with Crippen molar-refractivity contribution in [2.75, 3.05) is 20.3 Å². The number of rotatable bonds is 2. The highest BCUT2D eigenvalue weighted by molar-refractivity contribution is 9.11. The van der Waals surface area contributed by atoms with Crippen LogP contribution in [0.4, 0.5) is 0 Å². The molecule has 4 nitrogen and oxygen atoms in total. The van der Waals surface area contributed by atoms with Crippen molar-refractivity contribution in [1.82, 2.24) is 0 Å². The highest BCUT2D eigenvalue weighted by atomic mass is 79.9. The Morgan fingerprint density at radius 3 is 2.56 bits per heavy atom. The number of phenolic OH excluding ortho intramolecular Hbond substituents is 1. The first-order valence-electron chi connectivity index (χ1n) is 4.63. The van der Waals surface area contributed by atoms with E-state index in [-0.39, 0.29) is 5.75 Å². The van der Waals surface area contributed by atoms with Crippen molar-refractivity contribution < 1.29 is 19.3 Å². The van der Waals surface area contributed by atoms with E-state index in [1.54, 1.807) is 6.07 Å². The molecular formula is C10H10Br2O4. The Bertz CT molecular complexity index is 402. The van der Waals surface area contributed by atoms with E-state index >= 15 is 0 Å². The monoisotopic (exact) mass is 352 g/mol. The van der Waals surface area contributed by atoms with Crippen LogP contribution in [0.25, 0.3) is 0 Å². The van der Waals surface area contributed by atoms with Gasteiger partial charge in [-0.1, -0.05) is 0 Å². The van der Waals surface area contributed by atoms with Crippen molar-refractivity contribution >= 4 is 31.9 Å². The van der Waals surface area contributed by atoms with Gasteiger partial charge in [-0.2, -0.15) is 0 Å². The Kier molecular flexibility index (Phi) is 3.73. The molecule has 1 fully saturated rings. The molecule has 88 valence electrons. The Balaban J connectivity index is 2.46. The lowest BCUT2D eigenvalue weighted by atomic mass is 10.2. The fourth-order valence-corrected chi connectivity index (χ4v) is 2.99. The zero-order chi connectivity index (χ0) is 11.7. The summed E-state index contributed by atoms with van der Waals surface area (Å²) in [4.78, 5) is 0. The topological polar surface area (TPSA) is 47.9 Å². The number of benzene rings is 1. The molecule has 0 atom stereocenters. The van der Waals surface area contributed by atoms with Gasteiger partial charge in [0.25, 0.3) is 0 Å². The van der Waals surface area contributed by atoms with E-state index in [0.29, 0.717) is 29.0 Å². The second-order valence-electron chi connectivity index (χ2n) is 3.22. The molecular weight excluding hydrogens is 344 g/mol. The molecule has 0 spiro atoms. The first-order valence-corrected chi connectivity index (χ1v) is 6.21. The van der Waals surface area contributed by atoms with Gasteiger partial charge < -0.3 is 19.3 Å². The van der Waals surface area contributed by atoms with Crippen LogP contribution in [0.5, 0.6) is 11.5 Å². The fraction of sp³-hybridized carbons (Fsp3) is 0.400. The predicted octanol–water partition coefficient (Wildman–Crippen LogP) is 2.97. The van der Waals surface area contributed by atoms with Crippen molar-refractivity contribution in [2.45, 2.75) is 6.29 Å². The zero-order valence-corrected chi connectivity index (χ0v) is 11.7. The highest BCUT2D eigenvalue weighted by Crippen LogP contribution is 2.45. The smallest absolute Gasteiger partial charge is 0.187 e. The van der Waals surface area contributed by atoms with Crippen LogP contribution in [0.3, 0.4) is 0 Å². The lowest BCUT2D eigenvalue weighted by Gasteiger charge is -2.15. The highest BCUT2D eigenvalue weighted by Gasteiger charge is 2.25. The van der Waals surface area contributed by atoms with E-state index < -0.39 is 6.29 Å². The molecule has 2 rings (SSSR count). The summed E-state index contributed by atoms with van der Waals surface area (Å²) in [7, 11) is 1.53. The number of ether oxygens (including phenoxy) is 3. The SMILES string of the molecule is COc1c(Br)cc(C2OCCO2)c(O)c1Br. The molecule has 1 aromatic rings. The van der Waals surface area contributed by atoms with E-state index in [0.717, 1.165) is 4.47 Å². The molecule has 0 amide bonds. The molecule has 0 saturated carbocycles. The van der Waals surface area contributed by atoms with Gasteiger partial charge in [-0.05, 0) is 37.9 Å².